The van der Waals surface area contributed by atoms with Crippen LogP contribution >= 0.6 is 31.9 Å². The number of hydrogen-bond acceptors (Lipinski definition) is 2. The summed E-state index contributed by atoms with van der Waals surface area (Å²) in [7, 11) is 0. The Kier molecular flexibility index (Phi) is 6.06. The summed E-state index contributed by atoms with van der Waals surface area (Å²) in [4.78, 5) is 9.15. The van der Waals surface area contributed by atoms with Crippen LogP contribution in [-0.4, -0.2) is 9.97 Å². The first-order valence-corrected chi connectivity index (χ1v) is 7.87. The highest BCUT2D eigenvalue weighted by atomic mass is 79.9. The highest BCUT2D eigenvalue weighted by molar-refractivity contribution is 9.09. The predicted molar refractivity (Wildman–Crippen MR) is 80.9 cm³/mol. The lowest BCUT2D eigenvalue weighted by Crippen LogP contribution is -1.98. The number of nitrogens with zero attached hydrogens (tertiary/aromatic N) is 2. The van der Waals surface area contributed by atoms with Crippen LogP contribution in [0.2, 0.25) is 0 Å². The van der Waals surface area contributed by atoms with E-state index in [9.17, 15) is 0 Å². The fourth-order valence-corrected chi connectivity index (χ4v) is 2.35. The molecular weight excluding hydrogens is 344 g/mol. The van der Waals surface area contributed by atoms with Gasteiger partial charge < -0.3 is 0 Å². The Hall–Kier alpha value is -0.480. The van der Waals surface area contributed by atoms with Crippen molar-refractivity contribution in [2.75, 3.05) is 0 Å². The minimum absolute atomic E-state index is 0.741. The van der Waals surface area contributed by atoms with E-state index >= 15 is 0 Å². The molecule has 1 aromatic carbocycles. The number of aryl methyl sites for hydroxylation is 1. The Morgan fingerprint density at radius 3 is 2.00 bits per heavy atom. The minimum atomic E-state index is 0.741. The van der Waals surface area contributed by atoms with Crippen LogP contribution in [0.15, 0.2) is 18.2 Å². The van der Waals surface area contributed by atoms with Gasteiger partial charge in [0.1, 0.15) is 0 Å². The maximum Gasteiger partial charge on any atom is 0.0893 e. The summed E-state index contributed by atoms with van der Waals surface area (Å²) in [5, 5.41) is 1.48. The largest absolute Gasteiger partial charge is 0.248 e. The maximum absolute atomic E-state index is 4.59. The summed E-state index contributed by atoms with van der Waals surface area (Å²) in [6.07, 6.45) is 0. The molecule has 0 bridgehead atoms. The zero-order valence-corrected chi connectivity index (χ0v) is 13.5. The van der Waals surface area contributed by atoms with Crippen molar-refractivity contribution in [1.82, 2.24) is 9.97 Å². The zero-order chi connectivity index (χ0) is 12.8. The fourth-order valence-electron chi connectivity index (χ4n) is 1.45. The van der Waals surface area contributed by atoms with Gasteiger partial charge in [-0.25, -0.2) is 9.97 Å². The lowest BCUT2D eigenvalue weighted by atomic mass is 10.2. The van der Waals surface area contributed by atoms with Crippen molar-refractivity contribution in [2.45, 2.75) is 31.4 Å². The molecule has 2 nitrogen and oxygen atoms in total. The molecule has 2 rings (SSSR count). The van der Waals surface area contributed by atoms with Crippen LogP contribution in [0.1, 0.15) is 30.8 Å². The highest BCUT2D eigenvalue weighted by Crippen LogP contribution is 2.18. The molecule has 1 heterocycles. The van der Waals surface area contributed by atoms with Gasteiger partial charge in [0.15, 0.2) is 0 Å². The van der Waals surface area contributed by atoms with Crippen molar-refractivity contribution >= 4 is 42.9 Å². The topological polar surface area (TPSA) is 25.8 Å². The Labute approximate surface area is 119 Å². The molecule has 0 aliphatic heterocycles. The average molecular weight is 360 g/mol. The Morgan fingerprint density at radius 1 is 0.941 bits per heavy atom. The molecular formula is C13H16Br2N2. The standard InChI is InChI=1S/C11H10Br2N2.C2H6/c1-7-2-3-8-9(4-7)15-11(6-13)10(5-12)14-8;1-2/h2-4H,5-6H2,1H3;1-2H3. The Morgan fingerprint density at radius 2 is 1.47 bits per heavy atom. The summed E-state index contributed by atoms with van der Waals surface area (Å²) in [6.45, 7) is 6.06. The van der Waals surface area contributed by atoms with E-state index in [0.29, 0.717) is 0 Å². The molecule has 0 N–H and O–H groups in total. The molecule has 0 saturated heterocycles. The van der Waals surface area contributed by atoms with Gasteiger partial charge in [-0.1, -0.05) is 51.8 Å². The number of fused-ring (bicyclic) bond motifs is 1. The van der Waals surface area contributed by atoms with Crippen LogP contribution in [0.5, 0.6) is 0 Å². The lowest BCUT2D eigenvalue weighted by molar-refractivity contribution is 1.08. The van der Waals surface area contributed by atoms with E-state index in [0.717, 1.165) is 33.1 Å². The van der Waals surface area contributed by atoms with E-state index in [1.165, 1.54) is 5.56 Å². The van der Waals surface area contributed by atoms with Crippen molar-refractivity contribution in [3.8, 4) is 0 Å². The molecule has 17 heavy (non-hydrogen) atoms. The number of rotatable bonds is 2. The fraction of sp³-hybridized carbons (Fsp3) is 0.385. The molecule has 0 amide bonds. The number of halogens is 2. The van der Waals surface area contributed by atoms with Gasteiger partial charge in [0.2, 0.25) is 0 Å². The average Bonchev–Trinajstić information content (AvgIpc) is 2.39. The molecule has 4 heteroatoms. The molecule has 2 aromatic rings. The smallest absolute Gasteiger partial charge is 0.0893 e. The van der Waals surface area contributed by atoms with Crippen LogP contribution in [0.4, 0.5) is 0 Å². The lowest BCUT2D eigenvalue weighted by Gasteiger charge is -2.05. The highest BCUT2D eigenvalue weighted by Gasteiger charge is 2.06. The van der Waals surface area contributed by atoms with Crippen molar-refractivity contribution in [2.24, 2.45) is 0 Å². The van der Waals surface area contributed by atoms with Crippen molar-refractivity contribution < 1.29 is 0 Å². The zero-order valence-electron chi connectivity index (χ0n) is 10.3. The van der Waals surface area contributed by atoms with Gasteiger partial charge in [-0.3, -0.25) is 0 Å². The first kappa shape index (κ1) is 14.6. The molecule has 0 atom stereocenters. The molecule has 1 aromatic heterocycles. The van der Waals surface area contributed by atoms with Gasteiger partial charge in [0, 0.05) is 10.7 Å². The summed E-state index contributed by atoms with van der Waals surface area (Å²) in [5.74, 6) is 0. The third-order valence-corrected chi connectivity index (χ3v) is 3.29. The quantitative estimate of drug-likeness (QED) is 0.722. The van der Waals surface area contributed by atoms with E-state index in [1.807, 2.05) is 19.9 Å². The second-order valence-electron chi connectivity index (χ2n) is 3.38. The van der Waals surface area contributed by atoms with E-state index in [1.54, 1.807) is 0 Å². The van der Waals surface area contributed by atoms with E-state index in [2.05, 4.69) is 60.9 Å². The molecule has 0 fully saturated rings. The maximum atomic E-state index is 4.59. The van der Waals surface area contributed by atoms with E-state index < -0.39 is 0 Å². The summed E-state index contributed by atoms with van der Waals surface area (Å²) in [6, 6.07) is 6.14. The predicted octanol–water partition coefficient (Wildman–Crippen LogP) is 4.75. The minimum Gasteiger partial charge on any atom is -0.248 e. The van der Waals surface area contributed by atoms with Crippen molar-refractivity contribution in [1.29, 1.82) is 0 Å². The van der Waals surface area contributed by atoms with Gasteiger partial charge >= 0.3 is 0 Å². The van der Waals surface area contributed by atoms with Crippen LogP contribution in [0.3, 0.4) is 0 Å². The summed E-state index contributed by atoms with van der Waals surface area (Å²) < 4.78 is 0. The molecule has 0 radical (unpaired) electrons. The third kappa shape index (κ3) is 3.49. The number of alkyl halides is 2. The molecule has 92 valence electrons. The van der Waals surface area contributed by atoms with Crippen molar-refractivity contribution in [3.05, 3.63) is 35.2 Å². The monoisotopic (exact) mass is 358 g/mol. The second-order valence-corrected chi connectivity index (χ2v) is 4.50. The summed E-state index contributed by atoms with van der Waals surface area (Å²) in [5.41, 5.74) is 5.14. The van der Waals surface area contributed by atoms with Gasteiger partial charge in [-0.15, -0.1) is 0 Å². The third-order valence-electron chi connectivity index (χ3n) is 2.23. The number of benzene rings is 1. The van der Waals surface area contributed by atoms with Crippen molar-refractivity contribution in [3.63, 3.8) is 0 Å². The molecule has 0 spiro atoms. The van der Waals surface area contributed by atoms with Gasteiger partial charge in [-0.2, -0.15) is 0 Å². The second kappa shape index (κ2) is 7.07. The molecule has 0 unspecified atom stereocenters. The van der Waals surface area contributed by atoms with Crippen LogP contribution in [0, 0.1) is 6.92 Å². The van der Waals surface area contributed by atoms with E-state index in [-0.39, 0.29) is 0 Å². The molecule has 0 saturated carbocycles. The molecule has 0 aliphatic rings. The SMILES string of the molecule is CC.Cc1ccc2nc(CBr)c(CBr)nc2c1. The van der Waals surface area contributed by atoms with Crippen LogP contribution < -0.4 is 0 Å². The number of aromatic nitrogens is 2. The molecule has 0 aliphatic carbocycles. The van der Waals surface area contributed by atoms with E-state index in [4.69, 9.17) is 0 Å². The first-order chi connectivity index (χ1) is 8.24. The number of hydrogen-bond donors (Lipinski definition) is 0. The summed E-state index contributed by atoms with van der Waals surface area (Å²) >= 11 is 6.86. The Bertz CT molecular complexity index is 498. The van der Waals surface area contributed by atoms with Crippen LogP contribution in [-0.2, 0) is 10.7 Å². The van der Waals surface area contributed by atoms with Gasteiger partial charge in [0.25, 0.3) is 0 Å². The van der Waals surface area contributed by atoms with Crippen LogP contribution in [0.25, 0.3) is 11.0 Å². The van der Waals surface area contributed by atoms with Gasteiger partial charge in [-0.05, 0) is 24.6 Å². The Balaban J connectivity index is 0.000000686. The van der Waals surface area contributed by atoms with Gasteiger partial charge in [0.05, 0.1) is 22.4 Å². The first-order valence-electron chi connectivity index (χ1n) is 5.62. The normalized spacial score (nSPS) is 9.94.